The van der Waals surface area contributed by atoms with Gasteiger partial charge in [0, 0.05) is 39.4 Å². The number of nitrogens with zero attached hydrogens (tertiary/aromatic N) is 6. The molecule has 0 aliphatic heterocycles. The number of amides is 1. The average molecular weight is 527 g/mol. The van der Waals surface area contributed by atoms with Gasteiger partial charge in [0.25, 0.3) is 0 Å². The van der Waals surface area contributed by atoms with Crippen LogP contribution in [0.1, 0.15) is 0 Å². The molecule has 202 valence electrons. The molecule has 0 fully saturated rings. The molecular formula is C29H34N8O2. The Balaban J connectivity index is 1.67. The van der Waals surface area contributed by atoms with Crippen molar-refractivity contribution < 1.29 is 9.53 Å². The highest BCUT2D eigenvalue weighted by atomic mass is 16.5. The van der Waals surface area contributed by atoms with E-state index in [1.54, 1.807) is 13.3 Å². The summed E-state index contributed by atoms with van der Waals surface area (Å²) >= 11 is 0. The molecule has 1 amide bonds. The van der Waals surface area contributed by atoms with Gasteiger partial charge in [0.15, 0.2) is 5.82 Å². The minimum absolute atomic E-state index is 0.310. The molecule has 0 atom stereocenters. The topological polar surface area (TPSA) is 100 Å². The molecule has 0 spiro atoms. The Kier molecular flexibility index (Phi) is 8.57. The Hall–Kier alpha value is -4.70. The van der Waals surface area contributed by atoms with Crippen molar-refractivity contribution in [3.8, 4) is 28.5 Å². The van der Waals surface area contributed by atoms with Gasteiger partial charge in [-0.05, 0) is 37.9 Å². The smallest absolute Gasteiger partial charge is 0.247 e. The van der Waals surface area contributed by atoms with Crippen LogP contribution in [0.4, 0.5) is 23.0 Å². The first-order valence-electron chi connectivity index (χ1n) is 12.5. The molecule has 2 aromatic heterocycles. The van der Waals surface area contributed by atoms with E-state index in [4.69, 9.17) is 9.72 Å². The third kappa shape index (κ3) is 6.42. The summed E-state index contributed by atoms with van der Waals surface area (Å²) in [5, 5.41) is 6.16. The van der Waals surface area contributed by atoms with Crippen molar-refractivity contribution >= 4 is 28.9 Å². The van der Waals surface area contributed by atoms with E-state index in [-0.39, 0.29) is 5.91 Å². The molecule has 4 aromatic rings. The van der Waals surface area contributed by atoms with Crippen molar-refractivity contribution in [1.82, 2.24) is 24.4 Å². The predicted molar refractivity (Wildman–Crippen MR) is 157 cm³/mol. The lowest BCUT2D eigenvalue weighted by atomic mass is 10.2. The van der Waals surface area contributed by atoms with Crippen LogP contribution in [0.5, 0.6) is 5.75 Å². The molecule has 10 nitrogen and oxygen atoms in total. The van der Waals surface area contributed by atoms with Gasteiger partial charge < -0.3 is 29.7 Å². The number of hydrogen-bond donors (Lipinski definition) is 2. The zero-order valence-corrected chi connectivity index (χ0v) is 23.0. The Morgan fingerprint density at radius 1 is 1.08 bits per heavy atom. The normalized spacial score (nSPS) is 10.8. The molecule has 0 bridgehead atoms. The van der Waals surface area contributed by atoms with Crippen molar-refractivity contribution in [3.05, 3.63) is 73.6 Å². The Morgan fingerprint density at radius 2 is 1.85 bits per heavy atom. The Labute approximate surface area is 229 Å². The first-order valence-corrected chi connectivity index (χ1v) is 12.5. The van der Waals surface area contributed by atoms with E-state index in [1.165, 1.54) is 6.08 Å². The van der Waals surface area contributed by atoms with Gasteiger partial charge in [-0.1, -0.05) is 36.9 Å². The number of carbonyl (C=O) groups is 1. The summed E-state index contributed by atoms with van der Waals surface area (Å²) in [6.45, 7) is 5.17. The summed E-state index contributed by atoms with van der Waals surface area (Å²) in [6.07, 6.45) is 4.75. The van der Waals surface area contributed by atoms with E-state index in [9.17, 15) is 4.79 Å². The van der Waals surface area contributed by atoms with E-state index in [1.807, 2.05) is 87.5 Å². The number of anilines is 4. The third-order valence-electron chi connectivity index (χ3n) is 6.24. The monoisotopic (exact) mass is 526 g/mol. The number of benzene rings is 2. The lowest BCUT2D eigenvalue weighted by Gasteiger charge is -2.26. The first kappa shape index (κ1) is 27.3. The van der Waals surface area contributed by atoms with E-state index in [0.717, 1.165) is 30.0 Å². The Morgan fingerprint density at radius 3 is 2.54 bits per heavy atom. The van der Waals surface area contributed by atoms with E-state index in [0.29, 0.717) is 34.6 Å². The summed E-state index contributed by atoms with van der Waals surface area (Å²) in [5.74, 6) is 1.35. The fourth-order valence-corrected chi connectivity index (χ4v) is 4.09. The first-order chi connectivity index (χ1) is 18.8. The number of likely N-dealkylation sites (N-methyl/N-ethyl adjacent to an activating group) is 2. The average Bonchev–Trinajstić information content (AvgIpc) is 3.33. The maximum atomic E-state index is 12.2. The number of ether oxygens (including phenoxy) is 1. The molecule has 2 heterocycles. The van der Waals surface area contributed by atoms with Crippen LogP contribution in [-0.2, 0) is 11.8 Å². The molecule has 2 aromatic carbocycles. The summed E-state index contributed by atoms with van der Waals surface area (Å²) in [5.41, 5.74) is 4.74. The van der Waals surface area contributed by atoms with Crippen LogP contribution < -0.4 is 20.3 Å². The predicted octanol–water partition coefficient (Wildman–Crippen LogP) is 4.42. The molecule has 2 N–H and O–H groups in total. The molecule has 0 radical (unpaired) electrons. The molecular weight excluding hydrogens is 492 g/mol. The second-order valence-corrected chi connectivity index (χ2v) is 9.27. The maximum Gasteiger partial charge on any atom is 0.247 e. The van der Waals surface area contributed by atoms with Gasteiger partial charge in [0.1, 0.15) is 11.4 Å². The second-order valence-electron chi connectivity index (χ2n) is 9.27. The number of imidazole rings is 1. The molecule has 10 heteroatoms. The van der Waals surface area contributed by atoms with Gasteiger partial charge in [-0.25, -0.2) is 15.0 Å². The van der Waals surface area contributed by atoms with E-state index in [2.05, 4.69) is 37.0 Å². The van der Waals surface area contributed by atoms with Crippen LogP contribution in [0.2, 0.25) is 0 Å². The largest absolute Gasteiger partial charge is 0.494 e. The minimum atomic E-state index is -0.310. The van der Waals surface area contributed by atoms with Crippen molar-refractivity contribution in [2.24, 2.45) is 7.05 Å². The van der Waals surface area contributed by atoms with Crippen molar-refractivity contribution in [2.45, 2.75) is 0 Å². The summed E-state index contributed by atoms with van der Waals surface area (Å²) in [7, 11) is 9.57. The molecule has 39 heavy (non-hydrogen) atoms. The highest BCUT2D eigenvalue weighted by Crippen LogP contribution is 2.38. The standard InChI is InChI=1S/C29H34N8O2/c1-7-27(38)32-22-17-23(26(39-6)18-24(22)36(4)16-15-35(2)3)34-29-30-14-13-21(33-29)28-31-19-25(37(28)5)20-11-9-8-10-12-20/h7-14,17-19H,1,15-16H2,2-6H3,(H,32,38)(H,30,33,34). The van der Waals surface area contributed by atoms with Crippen molar-refractivity contribution in [3.63, 3.8) is 0 Å². The number of rotatable bonds is 11. The fourth-order valence-electron chi connectivity index (χ4n) is 4.09. The van der Waals surface area contributed by atoms with Crippen LogP contribution in [-0.4, -0.2) is 71.7 Å². The van der Waals surface area contributed by atoms with Gasteiger partial charge >= 0.3 is 0 Å². The third-order valence-corrected chi connectivity index (χ3v) is 6.24. The lowest BCUT2D eigenvalue weighted by Crippen LogP contribution is -2.29. The number of methoxy groups -OCH3 is 1. The van der Waals surface area contributed by atoms with Crippen LogP contribution in [0.25, 0.3) is 22.8 Å². The van der Waals surface area contributed by atoms with Crippen LogP contribution in [0, 0.1) is 0 Å². The molecule has 4 rings (SSSR count). The van der Waals surface area contributed by atoms with Crippen LogP contribution >= 0.6 is 0 Å². The van der Waals surface area contributed by atoms with E-state index < -0.39 is 0 Å². The summed E-state index contributed by atoms with van der Waals surface area (Å²) in [4.78, 5) is 30.1. The number of hydrogen-bond acceptors (Lipinski definition) is 8. The van der Waals surface area contributed by atoms with Gasteiger partial charge in [-0.2, -0.15) is 0 Å². The van der Waals surface area contributed by atoms with Gasteiger partial charge in [-0.3, -0.25) is 4.79 Å². The Bertz CT molecular complexity index is 1450. The molecule has 0 unspecified atom stereocenters. The van der Waals surface area contributed by atoms with Gasteiger partial charge in [0.2, 0.25) is 11.9 Å². The molecule has 0 aliphatic carbocycles. The maximum absolute atomic E-state index is 12.2. The SMILES string of the molecule is C=CC(=O)Nc1cc(Nc2nccc(-c3ncc(-c4ccccc4)n3C)n2)c(OC)cc1N(C)CCN(C)C. The fraction of sp³-hybridized carbons (Fsp3) is 0.241. The molecule has 0 saturated heterocycles. The summed E-state index contributed by atoms with van der Waals surface area (Å²) < 4.78 is 7.71. The number of aromatic nitrogens is 4. The highest BCUT2D eigenvalue weighted by molar-refractivity contribution is 6.02. The number of nitrogens with one attached hydrogen (secondary N) is 2. The minimum Gasteiger partial charge on any atom is -0.494 e. The quantitative estimate of drug-likeness (QED) is 0.277. The second kappa shape index (κ2) is 12.2. The van der Waals surface area contributed by atoms with E-state index >= 15 is 0 Å². The zero-order chi connectivity index (χ0) is 27.9. The van der Waals surface area contributed by atoms with Crippen LogP contribution in [0.3, 0.4) is 0 Å². The number of carbonyl (C=O) groups excluding carboxylic acids is 1. The highest BCUT2D eigenvalue weighted by Gasteiger charge is 2.17. The summed E-state index contributed by atoms with van der Waals surface area (Å²) in [6, 6.07) is 15.6. The van der Waals surface area contributed by atoms with Gasteiger partial charge in [-0.15, -0.1) is 0 Å². The van der Waals surface area contributed by atoms with Crippen molar-refractivity contribution in [1.29, 1.82) is 0 Å². The van der Waals surface area contributed by atoms with Crippen LogP contribution in [0.15, 0.2) is 73.6 Å². The van der Waals surface area contributed by atoms with Crippen molar-refractivity contribution in [2.75, 3.05) is 56.9 Å². The molecule has 0 aliphatic rings. The zero-order valence-electron chi connectivity index (χ0n) is 23.0. The molecule has 0 saturated carbocycles. The van der Waals surface area contributed by atoms with Gasteiger partial charge in [0.05, 0.1) is 36.1 Å². The lowest BCUT2D eigenvalue weighted by molar-refractivity contribution is -0.111.